The van der Waals surface area contributed by atoms with Crippen LogP contribution >= 0.6 is 0 Å². The number of rotatable bonds is 2. The van der Waals surface area contributed by atoms with Crippen LogP contribution in [0.15, 0.2) is 42.5 Å². The largest absolute Gasteiger partial charge is 0.399 e. The van der Waals surface area contributed by atoms with Crippen LogP contribution in [0, 0.1) is 6.92 Å². The Morgan fingerprint density at radius 2 is 1.72 bits per heavy atom. The molecule has 0 bridgehead atoms. The molecule has 0 spiro atoms. The van der Waals surface area contributed by atoms with Crippen LogP contribution in [0.4, 0.5) is 5.69 Å². The maximum atomic E-state index is 5.80. The topological polar surface area (TPSA) is 26.0 Å². The van der Waals surface area contributed by atoms with E-state index in [-0.39, 0.29) is 0 Å². The van der Waals surface area contributed by atoms with Crippen molar-refractivity contribution in [1.29, 1.82) is 0 Å². The van der Waals surface area contributed by atoms with Crippen LogP contribution in [0.25, 0.3) is 11.1 Å². The van der Waals surface area contributed by atoms with E-state index in [4.69, 9.17) is 5.73 Å². The average Bonchev–Trinajstić information content (AvgIpc) is 2.28. The molecule has 0 aliphatic heterocycles. The molecular weight excluding hydrogens is 218 g/mol. The van der Waals surface area contributed by atoms with Crippen molar-refractivity contribution < 1.29 is 0 Å². The summed E-state index contributed by atoms with van der Waals surface area (Å²) in [5.74, 6) is 0.812. The molecule has 2 aromatic rings. The van der Waals surface area contributed by atoms with Crippen molar-refractivity contribution in [2.45, 2.75) is 32.1 Å². The second-order valence-electron chi connectivity index (χ2n) is 5.32. The van der Waals surface area contributed by atoms with E-state index in [1.165, 1.54) is 41.5 Å². The van der Waals surface area contributed by atoms with E-state index in [1.807, 2.05) is 12.1 Å². The lowest BCUT2D eigenvalue weighted by molar-refractivity contribution is 0.420. The van der Waals surface area contributed by atoms with Gasteiger partial charge in [-0.3, -0.25) is 0 Å². The third-order valence-electron chi connectivity index (χ3n) is 4.05. The van der Waals surface area contributed by atoms with Gasteiger partial charge in [0.05, 0.1) is 0 Å². The Labute approximate surface area is 109 Å². The highest BCUT2D eigenvalue weighted by atomic mass is 14.5. The van der Waals surface area contributed by atoms with Crippen LogP contribution in [0.3, 0.4) is 0 Å². The summed E-state index contributed by atoms with van der Waals surface area (Å²) >= 11 is 0. The van der Waals surface area contributed by atoms with Crippen LogP contribution in [-0.2, 0) is 0 Å². The van der Waals surface area contributed by atoms with Gasteiger partial charge in [-0.05, 0) is 60.1 Å². The van der Waals surface area contributed by atoms with Crippen molar-refractivity contribution in [2.24, 2.45) is 0 Å². The Morgan fingerprint density at radius 3 is 2.28 bits per heavy atom. The van der Waals surface area contributed by atoms with E-state index >= 15 is 0 Å². The zero-order chi connectivity index (χ0) is 12.5. The lowest BCUT2D eigenvalue weighted by atomic mass is 9.80. The summed E-state index contributed by atoms with van der Waals surface area (Å²) in [6.07, 6.45) is 4.12. The van der Waals surface area contributed by atoms with Crippen LogP contribution in [0.5, 0.6) is 0 Å². The lowest BCUT2D eigenvalue weighted by Gasteiger charge is -2.25. The predicted molar refractivity (Wildman–Crippen MR) is 77.6 cm³/mol. The fourth-order valence-electron chi connectivity index (χ4n) is 2.69. The maximum absolute atomic E-state index is 5.80. The van der Waals surface area contributed by atoms with E-state index in [9.17, 15) is 0 Å². The quantitative estimate of drug-likeness (QED) is 0.764. The highest BCUT2D eigenvalue weighted by molar-refractivity contribution is 5.69. The van der Waals surface area contributed by atoms with Crippen LogP contribution in [0.1, 0.15) is 36.3 Å². The Balaban J connectivity index is 1.91. The predicted octanol–water partition coefficient (Wildman–Crippen LogP) is 4.51. The number of hydrogen-bond acceptors (Lipinski definition) is 1. The second kappa shape index (κ2) is 4.49. The molecule has 0 radical (unpaired) electrons. The molecule has 0 amide bonds. The van der Waals surface area contributed by atoms with Gasteiger partial charge in [0, 0.05) is 5.69 Å². The number of aryl methyl sites for hydroxylation is 1. The third-order valence-corrected chi connectivity index (χ3v) is 4.05. The molecule has 1 aliphatic rings. The Kier molecular flexibility index (Phi) is 2.83. The van der Waals surface area contributed by atoms with Gasteiger partial charge in [-0.2, -0.15) is 0 Å². The molecule has 92 valence electrons. The minimum Gasteiger partial charge on any atom is -0.399 e. The Hall–Kier alpha value is -1.76. The van der Waals surface area contributed by atoms with Crippen molar-refractivity contribution >= 4 is 5.69 Å². The van der Waals surface area contributed by atoms with Gasteiger partial charge in [0.15, 0.2) is 0 Å². The van der Waals surface area contributed by atoms with Gasteiger partial charge in [0.25, 0.3) is 0 Å². The van der Waals surface area contributed by atoms with E-state index in [0.29, 0.717) is 0 Å². The van der Waals surface area contributed by atoms with Gasteiger partial charge >= 0.3 is 0 Å². The average molecular weight is 237 g/mol. The summed E-state index contributed by atoms with van der Waals surface area (Å²) < 4.78 is 0. The van der Waals surface area contributed by atoms with Crippen LogP contribution in [0.2, 0.25) is 0 Å². The number of nitrogens with two attached hydrogens (primary N) is 1. The van der Waals surface area contributed by atoms with E-state index in [2.05, 4.69) is 37.3 Å². The minimum atomic E-state index is 0.812. The molecule has 0 unspecified atom stereocenters. The number of hydrogen-bond donors (Lipinski definition) is 1. The van der Waals surface area contributed by atoms with Crippen molar-refractivity contribution in [1.82, 2.24) is 0 Å². The van der Waals surface area contributed by atoms with E-state index in [1.54, 1.807) is 0 Å². The molecular formula is C17H19N. The molecule has 1 nitrogen and oxygen atoms in total. The van der Waals surface area contributed by atoms with Gasteiger partial charge in [-0.15, -0.1) is 0 Å². The van der Waals surface area contributed by atoms with Crippen LogP contribution in [-0.4, -0.2) is 0 Å². The van der Waals surface area contributed by atoms with Gasteiger partial charge in [0.1, 0.15) is 0 Å². The standard InChI is InChI=1S/C17H19N/c1-12-11-16(18)9-10-17(12)15-7-5-14(6-8-15)13-3-2-4-13/h5-11,13H,2-4,18H2,1H3. The first-order valence-electron chi connectivity index (χ1n) is 6.70. The van der Waals surface area contributed by atoms with Crippen molar-refractivity contribution in [2.75, 3.05) is 5.73 Å². The summed E-state index contributed by atoms with van der Waals surface area (Å²) in [7, 11) is 0. The highest BCUT2D eigenvalue weighted by Crippen LogP contribution is 2.37. The van der Waals surface area contributed by atoms with Crippen molar-refractivity contribution in [3.8, 4) is 11.1 Å². The molecule has 2 aromatic carbocycles. The van der Waals surface area contributed by atoms with Gasteiger partial charge in [-0.25, -0.2) is 0 Å². The fraction of sp³-hybridized carbons (Fsp3) is 0.294. The van der Waals surface area contributed by atoms with Gasteiger partial charge in [0.2, 0.25) is 0 Å². The molecule has 2 N–H and O–H groups in total. The molecule has 1 heteroatoms. The Morgan fingerprint density at radius 1 is 1.00 bits per heavy atom. The number of benzene rings is 2. The molecule has 0 heterocycles. The van der Waals surface area contributed by atoms with Crippen molar-refractivity contribution in [3.05, 3.63) is 53.6 Å². The summed E-state index contributed by atoms with van der Waals surface area (Å²) in [4.78, 5) is 0. The molecule has 1 fully saturated rings. The smallest absolute Gasteiger partial charge is 0.0317 e. The summed E-state index contributed by atoms with van der Waals surface area (Å²) in [6.45, 7) is 2.12. The molecule has 18 heavy (non-hydrogen) atoms. The number of nitrogen functional groups attached to an aromatic ring is 1. The lowest BCUT2D eigenvalue weighted by Crippen LogP contribution is -2.08. The molecule has 0 aromatic heterocycles. The van der Waals surface area contributed by atoms with Gasteiger partial charge < -0.3 is 5.73 Å². The fourth-order valence-corrected chi connectivity index (χ4v) is 2.69. The molecule has 0 saturated heterocycles. The van der Waals surface area contributed by atoms with Crippen LogP contribution < -0.4 is 5.73 Å². The monoisotopic (exact) mass is 237 g/mol. The molecule has 0 atom stereocenters. The first kappa shape index (κ1) is 11.3. The minimum absolute atomic E-state index is 0.812. The summed E-state index contributed by atoms with van der Waals surface area (Å²) in [5.41, 5.74) is 11.9. The molecule has 3 rings (SSSR count). The van der Waals surface area contributed by atoms with E-state index < -0.39 is 0 Å². The number of anilines is 1. The SMILES string of the molecule is Cc1cc(N)ccc1-c1ccc(C2CCC2)cc1. The van der Waals surface area contributed by atoms with Gasteiger partial charge in [-0.1, -0.05) is 36.8 Å². The first-order valence-corrected chi connectivity index (χ1v) is 6.70. The van der Waals surface area contributed by atoms with E-state index in [0.717, 1.165) is 11.6 Å². The third kappa shape index (κ3) is 2.01. The summed E-state index contributed by atoms with van der Waals surface area (Å²) in [5, 5.41) is 0. The zero-order valence-corrected chi connectivity index (χ0v) is 10.8. The van der Waals surface area contributed by atoms with Crippen molar-refractivity contribution in [3.63, 3.8) is 0 Å². The highest BCUT2D eigenvalue weighted by Gasteiger charge is 2.19. The second-order valence-corrected chi connectivity index (χ2v) is 5.32. The summed E-state index contributed by atoms with van der Waals surface area (Å²) in [6, 6.07) is 15.2. The molecule has 1 saturated carbocycles. The Bertz CT molecular complexity index is 550. The zero-order valence-electron chi connectivity index (χ0n) is 10.8. The molecule has 1 aliphatic carbocycles. The normalized spacial score (nSPS) is 15.4. The maximum Gasteiger partial charge on any atom is 0.0317 e. The first-order chi connectivity index (χ1) is 8.74.